The van der Waals surface area contributed by atoms with Gasteiger partial charge in [0.2, 0.25) is 0 Å². The fraction of sp³-hybridized carbons (Fsp3) is 0.353. The molecule has 0 aromatic carbocycles. The molecule has 0 aliphatic carbocycles. The maximum absolute atomic E-state index is 12.6. The number of pyridine rings is 2. The standard InChI is InChI=1S/C17H16Cl2N2O4/c1-23-17-8-21-14(5-16(17)25-10-2-3-24-9-10)15(22)4-11-12(18)6-20-7-13(11)19/h5-8,10H,2-4,9H2,1H3. The highest BCUT2D eigenvalue weighted by Crippen LogP contribution is 2.30. The number of Topliss-reactive ketones (excluding diaryl/α,β-unsaturated/α-hetero) is 1. The Morgan fingerprint density at radius 1 is 1.28 bits per heavy atom. The highest BCUT2D eigenvalue weighted by atomic mass is 35.5. The number of hydrogen-bond donors (Lipinski definition) is 0. The van der Waals surface area contributed by atoms with Crippen molar-refractivity contribution in [3.8, 4) is 11.5 Å². The van der Waals surface area contributed by atoms with Crippen molar-refractivity contribution in [3.63, 3.8) is 0 Å². The molecule has 3 heterocycles. The normalized spacial score (nSPS) is 16.7. The molecule has 1 fully saturated rings. The molecule has 1 aliphatic rings. The smallest absolute Gasteiger partial charge is 0.185 e. The van der Waals surface area contributed by atoms with Crippen LogP contribution in [0.25, 0.3) is 0 Å². The molecule has 2 aromatic heterocycles. The monoisotopic (exact) mass is 382 g/mol. The van der Waals surface area contributed by atoms with E-state index < -0.39 is 0 Å². The van der Waals surface area contributed by atoms with Crippen molar-refractivity contribution in [2.24, 2.45) is 0 Å². The van der Waals surface area contributed by atoms with Crippen LogP contribution in [0, 0.1) is 0 Å². The van der Waals surface area contributed by atoms with Crippen LogP contribution in [0.3, 0.4) is 0 Å². The number of methoxy groups -OCH3 is 1. The van der Waals surface area contributed by atoms with E-state index in [-0.39, 0.29) is 24.0 Å². The number of rotatable bonds is 6. The van der Waals surface area contributed by atoms with Gasteiger partial charge in [-0.05, 0) is 0 Å². The summed E-state index contributed by atoms with van der Waals surface area (Å²) in [7, 11) is 1.52. The Balaban J connectivity index is 1.82. The molecule has 1 aliphatic heterocycles. The van der Waals surface area contributed by atoms with Gasteiger partial charge in [0.15, 0.2) is 17.3 Å². The third-order valence-electron chi connectivity index (χ3n) is 3.81. The largest absolute Gasteiger partial charge is 0.491 e. The van der Waals surface area contributed by atoms with Gasteiger partial charge in [-0.15, -0.1) is 0 Å². The summed E-state index contributed by atoms with van der Waals surface area (Å²) < 4.78 is 16.4. The Morgan fingerprint density at radius 2 is 2.04 bits per heavy atom. The summed E-state index contributed by atoms with van der Waals surface area (Å²) in [5, 5.41) is 0.683. The van der Waals surface area contributed by atoms with Gasteiger partial charge in [0, 0.05) is 36.9 Å². The van der Waals surface area contributed by atoms with Gasteiger partial charge in [-0.25, -0.2) is 4.98 Å². The summed E-state index contributed by atoms with van der Waals surface area (Å²) in [6.07, 6.45) is 5.11. The van der Waals surface area contributed by atoms with E-state index in [9.17, 15) is 4.79 Å². The second-order valence-electron chi connectivity index (χ2n) is 5.51. The molecule has 1 saturated heterocycles. The number of halogens is 2. The number of nitrogens with zero attached hydrogens (tertiary/aromatic N) is 2. The summed E-state index contributed by atoms with van der Waals surface area (Å²) in [6, 6.07) is 1.57. The predicted molar refractivity (Wildman–Crippen MR) is 92.9 cm³/mol. The van der Waals surface area contributed by atoms with Gasteiger partial charge in [0.25, 0.3) is 0 Å². The highest BCUT2D eigenvalue weighted by Gasteiger charge is 2.21. The van der Waals surface area contributed by atoms with E-state index in [1.807, 2.05) is 0 Å². The van der Waals surface area contributed by atoms with Crippen molar-refractivity contribution >= 4 is 29.0 Å². The van der Waals surface area contributed by atoms with E-state index in [1.54, 1.807) is 6.07 Å². The first-order valence-corrected chi connectivity index (χ1v) is 8.43. The first kappa shape index (κ1) is 17.9. The van der Waals surface area contributed by atoms with Crippen LogP contribution in [-0.2, 0) is 11.2 Å². The molecule has 0 N–H and O–H groups in total. The maximum atomic E-state index is 12.6. The average molecular weight is 383 g/mol. The van der Waals surface area contributed by atoms with Crippen LogP contribution in [0.5, 0.6) is 11.5 Å². The zero-order valence-corrected chi connectivity index (χ0v) is 15.0. The topological polar surface area (TPSA) is 70.5 Å². The zero-order chi connectivity index (χ0) is 17.8. The van der Waals surface area contributed by atoms with Crippen LogP contribution in [0.2, 0.25) is 10.0 Å². The molecular formula is C17H16Cl2N2O4. The first-order chi connectivity index (χ1) is 12.1. The van der Waals surface area contributed by atoms with Gasteiger partial charge >= 0.3 is 0 Å². The fourth-order valence-corrected chi connectivity index (χ4v) is 2.96. The van der Waals surface area contributed by atoms with Crippen molar-refractivity contribution in [2.45, 2.75) is 18.9 Å². The molecule has 0 saturated carbocycles. The lowest BCUT2D eigenvalue weighted by molar-refractivity contribution is 0.0986. The number of ketones is 1. The zero-order valence-electron chi connectivity index (χ0n) is 13.5. The lowest BCUT2D eigenvalue weighted by Gasteiger charge is -2.15. The lowest BCUT2D eigenvalue weighted by Crippen LogP contribution is -2.17. The van der Waals surface area contributed by atoms with Crippen molar-refractivity contribution in [1.29, 1.82) is 0 Å². The van der Waals surface area contributed by atoms with Gasteiger partial charge in [0.05, 0.1) is 36.6 Å². The molecule has 0 spiro atoms. The van der Waals surface area contributed by atoms with Crippen molar-refractivity contribution in [3.05, 3.63) is 46.0 Å². The molecule has 6 nitrogen and oxygen atoms in total. The summed E-state index contributed by atoms with van der Waals surface area (Å²) >= 11 is 12.2. The minimum atomic E-state index is -0.231. The van der Waals surface area contributed by atoms with Crippen LogP contribution in [0.4, 0.5) is 0 Å². The Kier molecular flexibility index (Phi) is 5.73. The van der Waals surface area contributed by atoms with Gasteiger partial charge in [0.1, 0.15) is 11.8 Å². The molecule has 0 radical (unpaired) electrons. The quantitative estimate of drug-likeness (QED) is 0.713. The number of hydrogen-bond acceptors (Lipinski definition) is 6. The Morgan fingerprint density at radius 3 is 2.68 bits per heavy atom. The van der Waals surface area contributed by atoms with Crippen molar-refractivity contribution in [2.75, 3.05) is 20.3 Å². The van der Waals surface area contributed by atoms with Gasteiger partial charge in [-0.2, -0.15) is 0 Å². The second kappa shape index (κ2) is 7.99. The van der Waals surface area contributed by atoms with Gasteiger partial charge in [-0.1, -0.05) is 23.2 Å². The third kappa shape index (κ3) is 4.21. The maximum Gasteiger partial charge on any atom is 0.185 e. The number of carbonyl (C=O) groups is 1. The van der Waals surface area contributed by atoms with Crippen LogP contribution in [0.1, 0.15) is 22.5 Å². The van der Waals surface area contributed by atoms with E-state index in [2.05, 4.69) is 9.97 Å². The van der Waals surface area contributed by atoms with Crippen LogP contribution < -0.4 is 9.47 Å². The number of carbonyl (C=O) groups excluding carboxylic acids is 1. The van der Waals surface area contributed by atoms with Crippen LogP contribution in [0.15, 0.2) is 24.7 Å². The molecule has 132 valence electrons. The van der Waals surface area contributed by atoms with E-state index in [0.717, 1.165) is 6.42 Å². The molecular weight excluding hydrogens is 367 g/mol. The van der Waals surface area contributed by atoms with Crippen LogP contribution >= 0.6 is 23.2 Å². The SMILES string of the molecule is COc1cnc(C(=O)Cc2c(Cl)cncc2Cl)cc1OC1CCOC1. The summed E-state index contributed by atoms with van der Waals surface area (Å²) in [5.41, 5.74) is 0.770. The molecule has 1 unspecified atom stereocenters. The van der Waals surface area contributed by atoms with Crippen molar-refractivity contribution in [1.82, 2.24) is 9.97 Å². The highest BCUT2D eigenvalue weighted by molar-refractivity contribution is 6.36. The van der Waals surface area contributed by atoms with E-state index >= 15 is 0 Å². The van der Waals surface area contributed by atoms with Crippen LogP contribution in [-0.4, -0.2) is 42.2 Å². The molecule has 0 bridgehead atoms. The lowest BCUT2D eigenvalue weighted by atomic mass is 10.1. The summed E-state index contributed by atoms with van der Waals surface area (Å²) in [4.78, 5) is 20.6. The molecule has 0 amide bonds. The van der Waals surface area contributed by atoms with Gasteiger partial charge in [-0.3, -0.25) is 9.78 Å². The predicted octanol–water partition coefficient (Wildman–Crippen LogP) is 3.39. The minimum absolute atomic E-state index is 0.0193. The Labute approximate surface area is 155 Å². The van der Waals surface area contributed by atoms with Gasteiger partial charge < -0.3 is 14.2 Å². The number of aromatic nitrogens is 2. The first-order valence-electron chi connectivity index (χ1n) is 7.68. The average Bonchev–Trinajstić information content (AvgIpc) is 3.11. The third-order valence-corrected chi connectivity index (χ3v) is 4.46. The van der Waals surface area contributed by atoms with E-state index in [1.165, 1.54) is 25.7 Å². The molecule has 2 aromatic rings. The second-order valence-corrected chi connectivity index (χ2v) is 6.32. The molecule has 8 heteroatoms. The fourth-order valence-electron chi connectivity index (χ4n) is 2.47. The summed E-state index contributed by atoms with van der Waals surface area (Å²) in [5.74, 6) is 0.692. The van der Waals surface area contributed by atoms with E-state index in [4.69, 9.17) is 37.4 Å². The summed E-state index contributed by atoms with van der Waals surface area (Å²) in [6.45, 7) is 1.17. The minimum Gasteiger partial charge on any atom is -0.491 e. The van der Waals surface area contributed by atoms with E-state index in [0.29, 0.717) is 40.3 Å². The molecule has 3 rings (SSSR count). The number of ether oxygens (including phenoxy) is 3. The molecule has 25 heavy (non-hydrogen) atoms. The molecule has 1 atom stereocenters. The Bertz CT molecular complexity index is 759. The Hall–Kier alpha value is -1.89. The van der Waals surface area contributed by atoms with Crippen molar-refractivity contribution < 1.29 is 19.0 Å².